The van der Waals surface area contributed by atoms with Gasteiger partial charge in [0.2, 0.25) is 0 Å². The Labute approximate surface area is 292 Å². The Bertz CT molecular complexity index is 3160. The molecule has 9 aromatic rings. The number of hydrogen-bond donors (Lipinski definition) is 0. The molecule has 2 nitrogen and oxygen atoms in total. The number of hydrogen-bond acceptors (Lipinski definition) is 1. The van der Waals surface area contributed by atoms with E-state index in [9.17, 15) is 5.48 Å². The lowest BCUT2D eigenvalue weighted by molar-refractivity contribution is 1.10. The van der Waals surface area contributed by atoms with Gasteiger partial charge in [0, 0.05) is 11.3 Å². The van der Waals surface area contributed by atoms with Gasteiger partial charge in [-0.05, 0) is 79.1 Å². The van der Waals surface area contributed by atoms with E-state index in [4.69, 9.17) is 17.3 Å². The zero-order valence-corrected chi connectivity index (χ0v) is 24.7. The third-order valence-corrected chi connectivity index (χ3v) is 8.36. The summed E-state index contributed by atoms with van der Waals surface area (Å²) < 4.78 is 116. The number of aromatic nitrogens is 2. The van der Waals surface area contributed by atoms with Crippen LogP contribution in [0.1, 0.15) is 17.8 Å². The molecule has 0 atom stereocenters. The van der Waals surface area contributed by atoms with Crippen LogP contribution in [-0.4, -0.2) is 9.55 Å². The Morgan fingerprint density at radius 2 is 0.851 bits per heavy atom. The Morgan fingerprint density at radius 3 is 1.43 bits per heavy atom. The highest BCUT2D eigenvalue weighted by Gasteiger charge is 2.18. The molecule has 0 radical (unpaired) electrons. The van der Waals surface area contributed by atoms with Crippen molar-refractivity contribution in [1.82, 2.24) is 9.55 Å². The predicted octanol–water partition coefficient (Wildman–Crippen LogP) is 12.0. The lowest BCUT2D eigenvalue weighted by Crippen LogP contribution is -1.97. The molecule has 0 aliphatic rings. The van der Waals surface area contributed by atoms with Crippen molar-refractivity contribution in [3.8, 4) is 50.5 Å². The van der Waals surface area contributed by atoms with Crippen molar-refractivity contribution in [3.05, 3.63) is 182 Å². The maximum atomic E-state index is 9.29. The lowest BCUT2D eigenvalue weighted by Gasteiger charge is -2.18. The van der Waals surface area contributed by atoms with Gasteiger partial charge in [0.1, 0.15) is 5.82 Å². The summed E-state index contributed by atoms with van der Waals surface area (Å²) in [4.78, 5) is 4.82. The lowest BCUT2D eigenvalue weighted by atomic mass is 9.85. The van der Waals surface area contributed by atoms with E-state index in [0.29, 0.717) is 27.7 Å². The highest BCUT2D eigenvalue weighted by molar-refractivity contribution is 6.21. The van der Waals surface area contributed by atoms with Gasteiger partial charge >= 0.3 is 0 Å². The first kappa shape index (κ1) is 16.9. The first-order valence-electron chi connectivity index (χ1n) is 21.5. The fourth-order valence-electron chi connectivity index (χ4n) is 6.25. The molecule has 0 aliphatic heterocycles. The van der Waals surface area contributed by atoms with Gasteiger partial charge in [-0.25, -0.2) is 4.98 Å². The number of rotatable bonds is 5. The molecule has 1 aromatic heterocycles. The molecular weight excluding hydrogens is 569 g/mol. The van der Waals surface area contributed by atoms with Crippen LogP contribution in [0.2, 0.25) is 0 Å². The third-order valence-electron chi connectivity index (χ3n) is 8.36. The van der Waals surface area contributed by atoms with Crippen LogP contribution in [0.15, 0.2) is 182 Å². The van der Waals surface area contributed by atoms with Crippen molar-refractivity contribution in [2.45, 2.75) is 0 Å². The van der Waals surface area contributed by atoms with Crippen molar-refractivity contribution < 1.29 is 17.8 Å². The van der Waals surface area contributed by atoms with Crippen LogP contribution in [0.5, 0.6) is 0 Å². The molecule has 0 fully saturated rings. The molecule has 47 heavy (non-hydrogen) atoms. The van der Waals surface area contributed by atoms with Crippen molar-refractivity contribution in [2.75, 3.05) is 0 Å². The summed E-state index contributed by atoms with van der Waals surface area (Å²) in [6.45, 7) is 0. The molecule has 0 spiro atoms. The second-order valence-electron chi connectivity index (χ2n) is 11.0. The predicted molar refractivity (Wildman–Crippen MR) is 198 cm³/mol. The third kappa shape index (κ3) is 4.62. The zero-order chi connectivity index (χ0) is 42.5. The molecular formula is C45H30N2. The van der Waals surface area contributed by atoms with Gasteiger partial charge in [0.05, 0.1) is 28.9 Å². The minimum Gasteiger partial charge on any atom is -0.292 e. The second-order valence-corrected chi connectivity index (χ2v) is 11.0. The quantitative estimate of drug-likeness (QED) is 0.177. The molecule has 0 bridgehead atoms. The molecule has 0 aliphatic carbocycles. The van der Waals surface area contributed by atoms with Crippen LogP contribution in [0.4, 0.5) is 0 Å². The minimum absolute atomic E-state index is 0.0692. The maximum Gasteiger partial charge on any atom is 0.145 e. The molecule has 0 N–H and O–H groups in total. The molecule has 220 valence electrons. The average molecular weight is 612 g/mol. The summed E-state index contributed by atoms with van der Waals surface area (Å²) in [6.07, 6.45) is 0. The fraction of sp³-hybridized carbons (Fsp3) is 0. The fourth-order valence-corrected chi connectivity index (χ4v) is 6.25. The van der Waals surface area contributed by atoms with E-state index < -0.39 is 54.4 Å². The molecule has 1 heterocycles. The highest BCUT2D eigenvalue weighted by atomic mass is 15.1. The number of fused-ring (bicyclic) bond motifs is 3. The van der Waals surface area contributed by atoms with E-state index in [1.165, 1.54) is 4.57 Å². The topological polar surface area (TPSA) is 17.8 Å². The van der Waals surface area contributed by atoms with E-state index in [1.54, 1.807) is 60.7 Å². The zero-order valence-electron chi connectivity index (χ0n) is 37.7. The molecule has 2 heteroatoms. The molecule has 0 saturated carbocycles. The standard InChI is InChI=1S/C45H30N2/c1-3-13-31(14-4-1)32-23-25-33(26-24-32)43-37-17-7-9-19-39(37)44(40-20-10-8-18-38(40)43)34-27-29-35(30-28-34)45-46-41-21-11-12-22-42(41)47(45)36-15-5-2-6-16-36/h1-30H/i2D,5D,6D,7D,8D,9D,10D,15D,16D,17D,18D,19D,20D. The summed E-state index contributed by atoms with van der Waals surface area (Å²) in [7, 11) is 0. The second kappa shape index (κ2) is 11.3. The van der Waals surface area contributed by atoms with Gasteiger partial charge in [-0.1, -0.05) is 157 Å². The van der Waals surface area contributed by atoms with Gasteiger partial charge in [-0.2, -0.15) is 0 Å². The van der Waals surface area contributed by atoms with E-state index in [1.807, 2.05) is 42.5 Å². The average Bonchev–Trinajstić information content (AvgIpc) is 3.66. The molecule has 8 aromatic carbocycles. The van der Waals surface area contributed by atoms with Crippen LogP contribution >= 0.6 is 0 Å². The first-order valence-corrected chi connectivity index (χ1v) is 15.0. The van der Waals surface area contributed by atoms with E-state index in [0.717, 1.165) is 11.1 Å². The monoisotopic (exact) mass is 611 g/mol. The number of para-hydroxylation sites is 3. The highest BCUT2D eigenvalue weighted by Crippen LogP contribution is 2.44. The summed E-state index contributed by atoms with van der Waals surface area (Å²) >= 11 is 0. The van der Waals surface area contributed by atoms with Gasteiger partial charge < -0.3 is 0 Å². The Balaban J connectivity index is 1.35. The maximum absolute atomic E-state index is 9.29. The van der Waals surface area contributed by atoms with Crippen LogP contribution in [-0.2, 0) is 0 Å². The summed E-state index contributed by atoms with van der Waals surface area (Å²) in [5, 5.41) is 0.320. The molecule has 0 saturated heterocycles. The van der Waals surface area contributed by atoms with E-state index in [-0.39, 0.29) is 68.4 Å². The van der Waals surface area contributed by atoms with Gasteiger partial charge in [-0.3, -0.25) is 4.57 Å². The summed E-state index contributed by atoms with van der Waals surface area (Å²) in [5.74, 6) is 0.258. The van der Waals surface area contributed by atoms with Crippen molar-refractivity contribution in [1.29, 1.82) is 0 Å². The smallest absolute Gasteiger partial charge is 0.145 e. The van der Waals surface area contributed by atoms with E-state index >= 15 is 0 Å². The minimum atomic E-state index is -0.533. The van der Waals surface area contributed by atoms with Gasteiger partial charge in [-0.15, -0.1) is 0 Å². The van der Waals surface area contributed by atoms with Crippen LogP contribution in [0.3, 0.4) is 0 Å². The SMILES string of the molecule is [2H]c1c([2H])c([2H])c(-n2c(-c3ccc(-c4c5c([2H])c([2H])c([2H])c([2H])c5c(-c5ccc(-c6ccccc6)cc5)c5c([2H])c([2H])c([2H])c([2H])c45)cc3)nc3ccccc32)c([2H])c1[2H]. The number of nitrogens with zero attached hydrogens (tertiary/aromatic N) is 2. The van der Waals surface area contributed by atoms with Gasteiger partial charge in [0.15, 0.2) is 0 Å². The van der Waals surface area contributed by atoms with Crippen molar-refractivity contribution in [3.63, 3.8) is 0 Å². The molecule has 9 rings (SSSR count). The number of benzene rings is 8. The van der Waals surface area contributed by atoms with Crippen LogP contribution < -0.4 is 0 Å². The number of imidazole rings is 1. The van der Waals surface area contributed by atoms with Gasteiger partial charge in [0.25, 0.3) is 0 Å². The van der Waals surface area contributed by atoms with Crippen LogP contribution in [0.25, 0.3) is 83.0 Å². The first-order chi connectivity index (χ1) is 28.7. The largest absolute Gasteiger partial charge is 0.292 e. The normalized spacial score (nSPS) is 15.3. The van der Waals surface area contributed by atoms with E-state index in [2.05, 4.69) is 0 Å². The summed E-state index contributed by atoms with van der Waals surface area (Å²) in [6, 6.07) is 24.7. The Kier molecular flexibility index (Phi) is 4.05. The molecule has 0 unspecified atom stereocenters. The van der Waals surface area contributed by atoms with Crippen LogP contribution in [0, 0.1) is 0 Å². The van der Waals surface area contributed by atoms with Crippen molar-refractivity contribution >= 4 is 32.6 Å². The Morgan fingerprint density at radius 1 is 0.404 bits per heavy atom. The molecule has 0 amide bonds. The Hall–Kier alpha value is -6.25. The van der Waals surface area contributed by atoms with Crippen molar-refractivity contribution in [2.24, 2.45) is 0 Å². The summed E-state index contributed by atoms with van der Waals surface area (Å²) in [5.41, 5.74) is 4.48.